The second-order valence-corrected chi connectivity index (χ2v) is 8.45. The minimum absolute atomic E-state index is 0.121. The van der Waals surface area contributed by atoms with Gasteiger partial charge in [-0.1, -0.05) is 48.0 Å². The average molecular weight is 487 g/mol. The molecule has 0 saturated heterocycles. The predicted molar refractivity (Wildman–Crippen MR) is 133 cm³/mol. The number of rotatable bonds is 9. The number of tetrazole rings is 1. The summed E-state index contributed by atoms with van der Waals surface area (Å²) in [6, 6.07) is 17.8. The van der Waals surface area contributed by atoms with E-state index < -0.39 is 11.9 Å². The lowest BCUT2D eigenvalue weighted by molar-refractivity contribution is -0.125. The van der Waals surface area contributed by atoms with Crippen molar-refractivity contribution in [3.8, 4) is 5.69 Å². The van der Waals surface area contributed by atoms with Crippen molar-refractivity contribution in [2.75, 3.05) is 0 Å². The van der Waals surface area contributed by atoms with Gasteiger partial charge in [-0.25, -0.2) is 0 Å². The van der Waals surface area contributed by atoms with Crippen molar-refractivity contribution in [3.05, 3.63) is 107 Å². The molecule has 0 aliphatic rings. The summed E-state index contributed by atoms with van der Waals surface area (Å²) < 4.78 is 1.48. The largest absolute Gasteiger partial charge is 0.342 e. The van der Waals surface area contributed by atoms with E-state index in [0.717, 1.165) is 11.1 Å². The van der Waals surface area contributed by atoms with Gasteiger partial charge < -0.3 is 5.32 Å². The standard InChI is InChI=1S/C26H23ClN6O2/c1-18-7-10-22(28-16-18)15-25(34)23(13-19-5-3-2-4-6-19)30-26(35)12-8-20-14-21(27)9-11-24(20)33-17-29-31-32-33/h2-12,14,16-17,23H,13,15H2,1H3,(H,30,35)/b12-8+/t23-/m0/s1. The van der Waals surface area contributed by atoms with Crippen LogP contribution in [0.3, 0.4) is 0 Å². The highest BCUT2D eigenvalue weighted by atomic mass is 35.5. The van der Waals surface area contributed by atoms with E-state index in [2.05, 4.69) is 25.8 Å². The Hall–Kier alpha value is -4.17. The molecule has 1 atom stereocenters. The van der Waals surface area contributed by atoms with Crippen LogP contribution in [0.5, 0.6) is 0 Å². The fourth-order valence-electron chi connectivity index (χ4n) is 3.52. The molecule has 2 aromatic heterocycles. The quantitative estimate of drug-likeness (QED) is 0.363. The number of Topliss-reactive ketones (excluding diaryl/α,β-unsaturated/α-hetero) is 1. The Morgan fingerprint density at radius 2 is 1.94 bits per heavy atom. The molecule has 2 aromatic carbocycles. The van der Waals surface area contributed by atoms with Crippen molar-refractivity contribution >= 4 is 29.4 Å². The topological polar surface area (TPSA) is 103 Å². The number of ketones is 1. The molecule has 0 aliphatic heterocycles. The third kappa shape index (κ3) is 6.68. The summed E-state index contributed by atoms with van der Waals surface area (Å²) in [6.45, 7) is 1.94. The molecule has 1 N–H and O–H groups in total. The lowest BCUT2D eigenvalue weighted by Crippen LogP contribution is -2.42. The van der Waals surface area contributed by atoms with Gasteiger partial charge in [0.2, 0.25) is 5.91 Å². The molecular formula is C26H23ClN6O2. The van der Waals surface area contributed by atoms with Gasteiger partial charge in [0, 0.05) is 28.6 Å². The van der Waals surface area contributed by atoms with Gasteiger partial charge in [-0.05, 0) is 65.2 Å². The Labute approximate surface area is 207 Å². The number of hydrogen-bond acceptors (Lipinski definition) is 6. The number of benzene rings is 2. The van der Waals surface area contributed by atoms with Crippen LogP contribution in [0.2, 0.25) is 5.02 Å². The summed E-state index contributed by atoms with van der Waals surface area (Å²) in [5.74, 6) is -0.525. The first-order chi connectivity index (χ1) is 17.0. The molecule has 0 fully saturated rings. The molecule has 4 rings (SSSR count). The van der Waals surface area contributed by atoms with Crippen LogP contribution in [0.4, 0.5) is 0 Å². The normalized spacial score (nSPS) is 11.9. The third-order valence-electron chi connectivity index (χ3n) is 5.32. The number of amides is 1. The van der Waals surface area contributed by atoms with E-state index in [1.165, 1.54) is 17.1 Å². The molecule has 35 heavy (non-hydrogen) atoms. The Balaban J connectivity index is 1.52. The number of nitrogens with one attached hydrogen (secondary N) is 1. The van der Waals surface area contributed by atoms with Crippen molar-refractivity contribution in [2.24, 2.45) is 0 Å². The number of carbonyl (C=O) groups is 2. The van der Waals surface area contributed by atoms with Gasteiger partial charge in [0.05, 0.1) is 18.2 Å². The Bertz CT molecular complexity index is 1320. The van der Waals surface area contributed by atoms with Crippen molar-refractivity contribution < 1.29 is 9.59 Å². The first kappa shape index (κ1) is 24.0. The van der Waals surface area contributed by atoms with E-state index >= 15 is 0 Å². The smallest absolute Gasteiger partial charge is 0.244 e. The molecule has 2 heterocycles. The number of nitrogens with zero attached hydrogens (tertiary/aromatic N) is 5. The van der Waals surface area contributed by atoms with Crippen LogP contribution >= 0.6 is 11.6 Å². The number of aromatic nitrogens is 5. The second-order valence-electron chi connectivity index (χ2n) is 8.01. The third-order valence-corrected chi connectivity index (χ3v) is 5.55. The van der Waals surface area contributed by atoms with Gasteiger partial charge in [-0.3, -0.25) is 14.6 Å². The molecule has 0 saturated carbocycles. The molecule has 4 aromatic rings. The zero-order chi connectivity index (χ0) is 24.6. The first-order valence-corrected chi connectivity index (χ1v) is 11.4. The molecule has 0 spiro atoms. The van der Waals surface area contributed by atoms with Crippen molar-refractivity contribution in [3.63, 3.8) is 0 Å². The van der Waals surface area contributed by atoms with Crippen LogP contribution in [-0.2, 0) is 22.4 Å². The summed E-state index contributed by atoms with van der Waals surface area (Å²) in [6.07, 6.45) is 6.66. The van der Waals surface area contributed by atoms with E-state index in [-0.39, 0.29) is 12.2 Å². The zero-order valence-electron chi connectivity index (χ0n) is 19.0. The van der Waals surface area contributed by atoms with Crippen molar-refractivity contribution in [1.29, 1.82) is 0 Å². The summed E-state index contributed by atoms with van der Waals surface area (Å²) in [5, 5.41) is 14.5. The fourth-order valence-corrected chi connectivity index (χ4v) is 3.70. The predicted octanol–water partition coefficient (Wildman–Crippen LogP) is 3.57. The Morgan fingerprint density at radius 1 is 1.11 bits per heavy atom. The molecule has 176 valence electrons. The maximum atomic E-state index is 13.1. The molecule has 8 nitrogen and oxygen atoms in total. The number of halogens is 1. The minimum Gasteiger partial charge on any atom is -0.342 e. The molecular weight excluding hydrogens is 464 g/mol. The average Bonchev–Trinajstić information content (AvgIpc) is 3.39. The van der Waals surface area contributed by atoms with Crippen LogP contribution < -0.4 is 5.32 Å². The SMILES string of the molecule is Cc1ccc(CC(=O)[C@H](Cc2ccccc2)NC(=O)/C=C/c2cc(Cl)ccc2-n2cnnn2)nc1. The maximum Gasteiger partial charge on any atom is 0.244 e. The lowest BCUT2D eigenvalue weighted by atomic mass is 9.99. The zero-order valence-corrected chi connectivity index (χ0v) is 19.8. The lowest BCUT2D eigenvalue weighted by Gasteiger charge is -2.17. The van der Waals surface area contributed by atoms with Crippen molar-refractivity contribution in [2.45, 2.75) is 25.8 Å². The highest BCUT2D eigenvalue weighted by Gasteiger charge is 2.21. The van der Waals surface area contributed by atoms with Crippen LogP contribution in [0.25, 0.3) is 11.8 Å². The van der Waals surface area contributed by atoms with Crippen LogP contribution in [-0.4, -0.2) is 42.9 Å². The van der Waals surface area contributed by atoms with Crippen molar-refractivity contribution in [1.82, 2.24) is 30.5 Å². The van der Waals surface area contributed by atoms with Gasteiger partial charge in [0.15, 0.2) is 5.78 Å². The molecule has 9 heteroatoms. The summed E-state index contributed by atoms with van der Waals surface area (Å²) in [4.78, 5) is 30.3. The summed E-state index contributed by atoms with van der Waals surface area (Å²) in [7, 11) is 0. The first-order valence-electron chi connectivity index (χ1n) is 11.0. The Kier molecular flexibility index (Phi) is 7.74. The Morgan fingerprint density at radius 3 is 2.66 bits per heavy atom. The van der Waals surface area contributed by atoms with Gasteiger partial charge >= 0.3 is 0 Å². The second kappa shape index (κ2) is 11.3. The van der Waals surface area contributed by atoms with Gasteiger partial charge in [-0.15, -0.1) is 5.10 Å². The number of carbonyl (C=O) groups excluding carboxylic acids is 2. The minimum atomic E-state index is -0.712. The summed E-state index contributed by atoms with van der Waals surface area (Å²) in [5.41, 5.74) is 3.93. The van der Waals surface area contributed by atoms with Gasteiger partial charge in [0.1, 0.15) is 6.33 Å². The number of hydrogen-bond donors (Lipinski definition) is 1. The maximum absolute atomic E-state index is 13.1. The number of aryl methyl sites for hydroxylation is 1. The van der Waals surface area contributed by atoms with E-state index in [1.54, 1.807) is 30.5 Å². The van der Waals surface area contributed by atoms with E-state index in [0.29, 0.717) is 28.4 Å². The molecule has 0 aliphatic carbocycles. The number of pyridine rings is 1. The summed E-state index contributed by atoms with van der Waals surface area (Å²) >= 11 is 6.15. The van der Waals surface area contributed by atoms with E-state index in [1.807, 2.05) is 49.4 Å². The monoisotopic (exact) mass is 486 g/mol. The van der Waals surface area contributed by atoms with E-state index in [4.69, 9.17) is 11.6 Å². The van der Waals surface area contributed by atoms with Crippen LogP contribution in [0, 0.1) is 6.92 Å². The molecule has 0 bridgehead atoms. The fraction of sp³-hybridized carbons (Fsp3) is 0.154. The van der Waals surface area contributed by atoms with Gasteiger partial charge in [0.25, 0.3) is 0 Å². The molecule has 1 amide bonds. The molecule has 0 radical (unpaired) electrons. The van der Waals surface area contributed by atoms with Crippen LogP contribution in [0.15, 0.2) is 79.3 Å². The highest BCUT2D eigenvalue weighted by molar-refractivity contribution is 6.30. The van der Waals surface area contributed by atoms with Crippen LogP contribution in [0.1, 0.15) is 22.4 Å². The van der Waals surface area contributed by atoms with Gasteiger partial charge in [-0.2, -0.15) is 4.68 Å². The molecule has 0 unspecified atom stereocenters. The highest BCUT2D eigenvalue weighted by Crippen LogP contribution is 2.20. The van der Waals surface area contributed by atoms with E-state index in [9.17, 15) is 9.59 Å².